The van der Waals surface area contributed by atoms with Gasteiger partial charge in [-0.15, -0.1) is 13.2 Å². The van der Waals surface area contributed by atoms with Crippen LogP contribution in [0.25, 0.3) is 0 Å². The second-order valence-corrected chi connectivity index (χ2v) is 2.64. The van der Waals surface area contributed by atoms with Crippen molar-refractivity contribution < 1.29 is 0 Å². The first-order valence-corrected chi connectivity index (χ1v) is 3.88. The van der Waals surface area contributed by atoms with Crippen LogP contribution in [0.4, 0.5) is 0 Å². The first-order valence-electron chi connectivity index (χ1n) is 3.88. The minimum Gasteiger partial charge on any atom is -0.103 e. The summed E-state index contributed by atoms with van der Waals surface area (Å²) in [5.41, 5.74) is 1.40. The van der Waals surface area contributed by atoms with Crippen molar-refractivity contribution in [2.24, 2.45) is 5.92 Å². The molecule has 1 unspecified atom stereocenters. The summed E-state index contributed by atoms with van der Waals surface area (Å²) in [6.45, 7) is 7.42. The van der Waals surface area contributed by atoms with E-state index in [0.717, 1.165) is 12.8 Å². The normalized spacial score (nSPS) is 21.5. The summed E-state index contributed by atoms with van der Waals surface area (Å²) in [6, 6.07) is 0. The topological polar surface area (TPSA) is 0 Å². The van der Waals surface area contributed by atoms with Gasteiger partial charge in [-0.05, 0) is 18.9 Å². The summed E-state index contributed by atoms with van der Waals surface area (Å²) in [5.74, 6) is 0.463. The molecule has 0 heteroatoms. The van der Waals surface area contributed by atoms with Crippen LogP contribution in [-0.4, -0.2) is 0 Å². The van der Waals surface area contributed by atoms with Gasteiger partial charge >= 0.3 is 0 Å². The molecule has 0 saturated carbocycles. The highest BCUT2D eigenvalue weighted by Gasteiger charge is 2.11. The first kappa shape index (κ1) is 8.06. The van der Waals surface area contributed by atoms with Crippen molar-refractivity contribution in [3.63, 3.8) is 0 Å². The predicted octanol–water partition coefficient (Wildman–Crippen LogP) is 3.05. The van der Waals surface area contributed by atoms with Gasteiger partial charge in [-0.1, -0.05) is 29.9 Å². The van der Waals surface area contributed by atoms with E-state index in [1.165, 1.54) is 5.57 Å². The van der Waals surface area contributed by atoms with Crippen molar-refractivity contribution in [2.45, 2.75) is 12.8 Å². The maximum atomic E-state index is 3.71. The fourth-order valence-electron chi connectivity index (χ4n) is 1.26. The van der Waals surface area contributed by atoms with Crippen LogP contribution in [-0.2, 0) is 0 Å². The molecule has 0 aromatic heterocycles. The van der Waals surface area contributed by atoms with E-state index in [1.54, 1.807) is 0 Å². The standard InChI is InChI=1S/C11H13/c1-3-6-10-8-5-9-11(10)7-4-2/h3-5,8,11H,1-2,6-7H2. The zero-order valence-corrected chi connectivity index (χ0v) is 6.72. The third-order valence-electron chi connectivity index (χ3n) is 1.82. The van der Waals surface area contributed by atoms with Crippen LogP contribution in [0.5, 0.6) is 0 Å². The molecule has 0 bridgehead atoms. The summed E-state index contributed by atoms with van der Waals surface area (Å²) in [6.07, 6.45) is 13.2. The zero-order valence-electron chi connectivity index (χ0n) is 6.72. The highest BCUT2D eigenvalue weighted by atomic mass is 14.1. The average molecular weight is 145 g/mol. The molecular formula is C11H13. The monoisotopic (exact) mass is 145 g/mol. The fourth-order valence-corrected chi connectivity index (χ4v) is 1.26. The van der Waals surface area contributed by atoms with E-state index >= 15 is 0 Å². The number of hydrogen-bond donors (Lipinski definition) is 0. The highest BCUT2D eigenvalue weighted by molar-refractivity contribution is 5.26. The van der Waals surface area contributed by atoms with Crippen molar-refractivity contribution in [1.29, 1.82) is 0 Å². The molecule has 0 aromatic rings. The van der Waals surface area contributed by atoms with Crippen molar-refractivity contribution in [2.75, 3.05) is 0 Å². The highest BCUT2D eigenvalue weighted by Crippen LogP contribution is 2.24. The minimum absolute atomic E-state index is 0.463. The smallest absolute Gasteiger partial charge is 0.00917 e. The molecule has 0 amide bonds. The Morgan fingerprint density at radius 3 is 2.91 bits per heavy atom. The van der Waals surface area contributed by atoms with Gasteiger partial charge in [-0.3, -0.25) is 0 Å². The molecule has 0 spiro atoms. The van der Waals surface area contributed by atoms with Gasteiger partial charge in [0.05, 0.1) is 0 Å². The minimum atomic E-state index is 0.463. The van der Waals surface area contributed by atoms with Crippen molar-refractivity contribution in [1.82, 2.24) is 0 Å². The number of hydrogen-bond acceptors (Lipinski definition) is 0. The molecule has 0 N–H and O–H groups in total. The van der Waals surface area contributed by atoms with Gasteiger partial charge < -0.3 is 0 Å². The van der Waals surface area contributed by atoms with Crippen LogP contribution in [0.1, 0.15) is 12.8 Å². The maximum absolute atomic E-state index is 3.71. The predicted molar refractivity (Wildman–Crippen MR) is 49.0 cm³/mol. The maximum Gasteiger partial charge on any atom is 0.00917 e. The van der Waals surface area contributed by atoms with Crippen molar-refractivity contribution in [3.8, 4) is 0 Å². The number of allylic oxidation sites excluding steroid dienone is 6. The van der Waals surface area contributed by atoms with Gasteiger partial charge in [0.15, 0.2) is 0 Å². The molecule has 0 aliphatic heterocycles. The van der Waals surface area contributed by atoms with Gasteiger partial charge in [-0.2, -0.15) is 0 Å². The van der Waals surface area contributed by atoms with E-state index in [2.05, 4.69) is 25.3 Å². The molecule has 1 radical (unpaired) electrons. The molecule has 0 nitrogen and oxygen atoms in total. The second kappa shape index (κ2) is 3.97. The summed E-state index contributed by atoms with van der Waals surface area (Å²) < 4.78 is 0. The Hall–Kier alpha value is -1.04. The molecule has 1 aliphatic carbocycles. The van der Waals surface area contributed by atoms with Crippen molar-refractivity contribution in [3.05, 3.63) is 49.1 Å². The number of rotatable bonds is 4. The summed E-state index contributed by atoms with van der Waals surface area (Å²) in [7, 11) is 0. The van der Waals surface area contributed by atoms with E-state index in [1.807, 2.05) is 18.2 Å². The lowest BCUT2D eigenvalue weighted by atomic mass is 9.97. The van der Waals surface area contributed by atoms with Gasteiger partial charge in [0.2, 0.25) is 0 Å². The summed E-state index contributed by atoms with van der Waals surface area (Å²) >= 11 is 0. The summed E-state index contributed by atoms with van der Waals surface area (Å²) in [5, 5.41) is 0. The van der Waals surface area contributed by atoms with E-state index < -0.39 is 0 Å². The summed E-state index contributed by atoms with van der Waals surface area (Å²) in [4.78, 5) is 0. The molecule has 57 valence electrons. The molecule has 1 rings (SSSR count). The zero-order chi connectivity index (χ0) is 8.10. The Balaban J connectivity index is 2.53. The lowest BCUT2D eigenvalue weighted by Crippen LogP contribution is -1.95. The first-order chi connectivity index (χ1) is 5.38. The van der Waals surface area contributed by atoms with Gasteiger partial charge in [0, 0.05) is 5.92 Å². The Kier molecular flexibility index (Phi) is 2.91. The van der Waals surface area contributed by atoms with E-state index in [9.17, 15) is 0 Å². The molecule has 0 fully saturated rings. The van der Waals surface area contributed by atoms with Gasteiger partial charge in [0.25, 0.3) is 0 Å². The van der Waals surface area contributed by atoms with Crippen LogP contribution in [0.3, 0.4) is 0 Å². The van der Waals surface area contributed by atoms with Crippen LogP contribution in [0.15, 0.2) is 43.0 Å². The van der Waals surface area contributed by atoms with Crippen LogP contribution >= 0.6 is 0 Å². The Labute approximate surface area is 68.6 Å². The molecule has 0 saturated heterocycles. The molecule has 0 heterocycles. The van der Waals surface area contributed by atoms with E-state index in [0.29, 0.717) is 5.92 Å². The SMILES string of the molecule is C=CCC1=CC=[C]C1CC=C. The third-order valence-corrected chi connectivity index (χ3v) is 1.82. The largest absolute Gasteiger partial charge is 0.103 e. The second-order valence-electron chi connectivity index (χ2n) is 2.64. The molecule has 0 aromatic carbocycles. The third kappa shape index (κ3) is 1.94. The molecule has 1 aliphatic rings. The van der Waals surface area contributed by atoms with Crippen molar-refractivity contribution >= 4 is 0 Å². The Bertz CT molecular complexity index is 206. The fraction of sp³-hybridized carbons (Fsp3) is 0.273. The Morgan fingerprint density at radius 2 is 2.27 bits per heavy atom. The van der Waals surface area contributed by atoms with E-state index in [4.69, 9.17) is 0 Å². The average Bonchev–Trinajstić information content (AvgIpc) is 2.39. The van der Waals surface area contributed by atoms with Gasteiger partial charge in [0.1, 0.15) is 0 Å². The quantitative estimate of drug-likeness (QED) is 0.533. The lowest BCUT2D eigenvalue weighted by molar-refractivity contribution is 0.751. The molecule has 1 atom stereocenters. The molecule has 11 heavy (non-hydrogen) atoms. The van der Waals surface area contributed by atoms with Crippen LogP contribution < -0.4 is 0 Å². The molecular weight excluding hydrogens is 132 g/mol. The lowest BCUT2D eigenvalue weighted by Gasteiger charge is -2.07. The van der Waals surface area contributed by atoms with Crippen LogP contribution in [0, 0.1) is 12.0 Å². The van der Waals surface area contributed by atoms with E-state index in [-0.39, 0.29) is 0 Å². The van der Waals surface area contributed by atoms with Gasteiger partial charge in [-0.25, -0.2) is 0 Å². The Morgan fingerprint density at radius 1 is 1.45 bits per heavy atom. The van der Waals surface area contributed by atoms with Crippen LogP contribution in [0.2, 0.25) is 0 Å².